The first-order valence-corrected chi connectivity index (χ1v) is 8.19. The zero-order valence-corrected chi connectivity index (χ0v) is 17.6. The Kier molecular flexibility index (Phi) is 7.06. The summed E-state index contributed by atoms with van der Waals surface area (Å²) in [6.07, 6.45) is 2.41. The second-order valence-electron chi connectivity index (χ2n) is 5.50. The van der Waals surface area contributed by atoms with Gasteiger partial charge in [0.1, 0.15) is 0 Å². The summed E-state index contributed by atoms with van der Waals surface area (Å²) in [4.78, 5) is 0. The van der Waals surface area contributed by atoms with E-state index in [4.69, 9.17) is 0 Å². The van der Waals surface area contributed by atoms with Crippen molar-refractivity contribution in [1.29, 1.82) is 0 Å². The second-order valence-corrected chi connectivity index (χ2v) is 7.43. The minimum absolute atomic E-state index is 0. The van der Waals surface area contributed by atoms with Crippen LogP contribution in [0.2, 0.25) is 0 Å². The molecule has 0 heterocycles. The first-order chi connectivity index (χ1) is 7.86. The molecule has 0 aromatic rings. The van der Waals surface area contributed by atoms with Gasteiger partial charge in [0.05, 0.1) is 0 Å². The molecule has 0 aromatic carbocycles. The van der Waals surface area contributed by atoms with Gasteiger partial charge in [0.2, 0.25) is 0 Å². The van der Waals surface area contributed by atoms with Crippen molar-refractivity contribution in [3.63, 3.8) is 0 Å². The first kappa shape index (κ1) is 19.4. The topological polar surface area (TPSA) is 0 Å². The number of halogens is 2. The van der Waals surface area contributed by atoms with E-state index in [-0.39, 0.29) is 24.8 Å². The minimum Gasteiger partial charge on any atom is -1.00 e. The molecule has 0 bridgehead atoms. The Hall–Kier alpha value is 0.410. The molecule has 0 spiro atoms. The molecule has 0 saturated heterocycles. The maximum Gasteiger partial charge on any atom is -1.00 e. The summed E-state index contributed by atoms with van der Waals surface area (Å²) < 4.78 is 1.69. The molecule has 0 fully saturated rings. The Bertz CT molecular complexity index is 507. The van der Waals surface area contributed by atoms with E-state index in [1.54, 1.807) is 25.6 Å². The Morgan fingerprint density at radius 2 is 1.47 bits per heavy atom. The molecule has 0 amide bonds. The average Bonchev–Trinajstić information content (AvgIpc) is 2.61. The monoisotopic (exact) mass is 463 g/mol. The van der Waals surface area contributed by atoms with Gasteiger partial charge in [-0.25, -0.2) is 0 Å². The summed E-state index contributed by atoms with van der Waals surface area (Å²) in [5, 5.41) is 0. The molecular weight excluding hydrogens is 442 g/mol. The fourth-order valence-corrected chi connectivity index (χ4v) is 4.38. The molecule has 0 radical (unpaired) electrons. The van der Waals surface area contributed by atoms with Crippen LogP contribution in [0.1, 0.15) is 41.5 Å². The van der Waals surface area contributed by atoms with Gasteiger partial charge in [-0.15, -0.1) is 0 Å². The molecule has 2 atom stereocenters. The zero-order chi connectivity index (χ0) is 12.9. The van der Waals surface area contributed by atoms with E-state index < -0.39 is 0 Å². The smallest absolute Gasteiger partial charge is 1.00 e. The Labute approximate surface area is 144 Å². The van der Waals surface area contributed by atoms with Gasteiger partial charge in [-0.05, 0) is 0 Å². The molecule has 0 saturated carbocycles. The van der Waals surface area contributed by atoms with Crippen molar-refractivity contribution in [3.05, 3.63) is 42.8 Å². The Morgan fingerprint density at radius 1 is 0.947 bits per heavy atom. The summed E-state index contributed by atoms with van der Waals surface area (Å²) >= 11 is 1.20. The van der Waals surface area contributed by atoms with Crippen molar-refractivity contribution in [3.8, 4) is 0 Å². The quantitative estimate of drug-likeness (QED) is 0.425. The minimum atomic E-state index is 0. The fourth-order valence-electron chi connectivity index (χ4n) is 3.16. The number of rotatable bonds is 1. The predicted molar refractivity (Wildman–Crippen MR) is 70.2 cm³/mol. The Balaban J connectivity index is 0.00000162. The van der Waals surface area contributed by atoms with E-state index in [1.807, 2.05) is 0 Å². The third-order valence-corrected chi connectivity index (χ3v) is 7.38. The van der Waals surface area contributed by atoms with Crippen molar-refractivity contribution in [2.45, 2.75) is 41.5 Å². The molecule has 0 nitrogen and oxygen atoms in total. The van der Waals surface area contributed by atoms with Gasteiger partial charge in [0.25, 0.3) is 0 Å². The molecule has 2 aliphatic carbocycles. The molecule has 0 N–H and O–H groups in total. The van der Waals surface area contributed by atoms with Crippen molar-refractivity contribution in [1.82, 2.24) is 0 Å². The van der Waals surface area contributed by atoms with Gasteiger partial charge in [-0.3, -0.25) is 0 Å². The number of hydrogen-bond donors (Lipinski definition) is 0. The number of allylic oxidation sites excluding steroid dienone is 8. The van der Waals surface area contributed by atoms with Gasteiger partial charge in [-0.1, -0.05) is 0 Å². The summed E-state index contributed by atoms with van der Waals surface area (Å²) in [5.41, 5.74) is 9.32. The summed E-state index contributed by atoms with van der Waals surface area (Å²) in [6, 6.07) is 0. The standard InChI is InChI=1S/C16H21.2ClH.Hf/c1-9-7-11(3)15(13(9)5)16-12(4)8-10(2)14(16)6;;;/h7,10-11H,1-6H3;2*1H;/q;;;+2/p-2. The van der Waals surface area contributed by atoms with E-state index >= 15 is 0 Å². The SMILES string of the molecule is CC1=CC(C)C(C2=C(C)C(C)[C]([Hf+2])=C2C)=C1C.[Cl-].[Cl-]. The third-order valence-electron chi connectivity index (χ3n) is 4.48. The van der Waals surface area contributed by atoms with Crippen molar-refractivity contribution < 1.29 is 49.2 Å². The molecule has 103 valence electrons. The molecule has 2 unspecified atom stereocenters. The van der Waals surface area contributed by atoms with Crippen molar-refractivity contribution in [2.75, 3.05) is 0 Å². The maximum atomic E-state index is 2.41. The van der Waals surface area contributed by atoms with Crippen LogP contribution in [0.4, 0.5) is 0 Å². The van der Waals surface area contributed by atoms with Gasteiger partial charge >= 0.3 is 121 Å². The van der Waals surface area contributed by atoms with Gasteiger partial charge in [0.15, 0.2) is 0 Å². The van der Waals surface area contributed by atoms with Gasteiger partial charge in [0, 0.05) is 0 Å². The molecule has 0 aromatic heterocycles. The predicted octanol–water partition coefficient (Wildman–Crippen LogP) is -1.31. The van der Waals surface area contributed by atoms with Crippen LogP contribution in [-0.4, -0.2) is 0 Å². The summed E-state index contributed by atoms with van der Waals surface area (Å²) in [6.45, 7) is 13.9. The van der Waals surface area contributed by atoms with Crippen LogP contribution in [0.15, 0.2) is 42.8 Å². The van der Waals surface area contributed by atoms with E-state index in [9.17, 15) is 0 Å². The molecule has 0 aliphatic heterocycles. The average molecular weight is 463 g/mol. The van der Waals surface area contributed by atoms with Crippen molar-refractivity contribution >= 4 is 0 Å². The van der Waals surface area contributed by atoms with E-state index in [0.29, 0.717) is 11.8 Å². The van der Waals surface area contributed by atoms with Crippen LogP contribution in [-0.2, 0) is 24.4 Å². The second kappa shape index (κ2) is 6.91. The summed E-state index contributed by atoms with van der Waals surface area (Å²) in [7, 11) is 0. The summed E-state index contributed by atoms with van der Waals surface area (Å²) in [5.74, 6) is 1.28. The fraction of sp³-hybridized carbons (Fsp3) is 0.500. The zero-order valence-electron chi connectivity index (χ0n) is 12.5. The maximum absolute atomic E-state index is 2.41. The normalized spacial score (nSPS) is 26.6. The van der Waals surface area contributed by atoms with Crippen LogP contribution in [0.3, 0.4) is 0 Å². The van der Waals surface area contributed by atoms with Crippen LogP contribution >= 0.6 is 0 Å². The van der Waals surface area contributed by atoms with Crippen LogP contribution in [0, 0.1) is 11.8 Å². The Morgan fingerprint density at radius 3 is 1.79 bits per heavy atom. The van der Waals surface area contributed by atoms with E-state index in [2.05, 4.69) is 47.6 Å². The van der Waals surface area contributed by atoms with E-state index in [1.165, 1.54) is 35.5 Å². The molecule has 19 heavy (non-hydrogen) atoms. The van der Waals surface area contributed by atoms with Crippen molar-refractivity contribution in [2.24, 2.45) is 11.8 Å². The molecule has 2 rings (SSSR count). The largest absolute Gasteiger partial charge is 1.00 e. The molecule has 3 heteroatoms. The van der Waals surface area contributed by atoms with Gasteiger partial charge in [-0.2, -0.15) is 0 Å². The number of hydrogen-bond acceptors (Lipinski definition) is 0. The van der Waals surface area contributed by atoms with Crippen LogP contribution < -0.4 is 24.8 Å². The molecular formula is C16H21Cl2Hf. The third kappa shape index (κ3) is 3.04. The molecule has 2 aliphatic rings. The van der Waals surface area contributed by atoms with Gasteiger partial charge < -0.3 is 24.8 Å². The van der Waals surface area contributed by atoms with Crippen LogP contribution in [0.25, 0.3) is 0 Å². The first-order valence-electron chi connectivity index (χ1n) is 6.39. The van der Waals surface area contributed by atoms with E-state index in [0.717, 1.165) is 0 Å². The van der Waals surface area contributed by atoms with Crippen LogP contribution in [0.5, 0.6) is 0 Å².